The molecule has 0 N–H and O–H groups in total. The Morgan fingerprint density at radius 1 is 1.58 bits per heavy atom. The Bertz CT molecular complexity index is 225. The second-order valence-electron chi connectivity index (χ2n) is 2.05. The van der Waals surface area contributed by atoms with Crippen molar-refractivity contribution in [3.63, 3.8) is 0 Å². The van der Waals surface area contributed by atoms with Crippen LogP contribution in [0.25, 0.3) is 10.4 Å². The van der Waals surface area contributed by atoms with Gasteiger partial charge in [-0.25, -0.2) is 0 Å². The predicted octanol–water partition coefficient (Wildman–Crippen LogP) is 0.622. The fourth-order valence-corrected chi connectivity index (χ4v) is 0.767. The zero-order chi connectivity index (χ0) is 9.03. The van der Waals surface area contributed by atoms with Crippen LogP contribution in [0, 0.1) is 10.1 Å². The molecule has 0 aromatic heterocycles. The fourth-order valence-electron chi connectivity index (χ4n) is 0.767. The minimum Gasteiger partial charge on any atom is -0.285 e. The monoisotopic (exact) mass is 174 g/mol. The maximum absolute atomic E-state index is 10.4. The van der Waals surface area contributed by atoms with E-state index in [9.17, 15) is 10.1 Å². The minimum atomic E-state index is -2.34. The molecule has 8 heteroatoms. The van der Waals surface area contributed by atoms with E-state index in [0.29, 0.717) is 6.42 Å². The van der Waals surface area contributed by atoms with Crippen molar-refractivity contribution in [2.45, 2.75) is 12.5 Å². The quantitative estimate of drug-likeness (QED) is 0.201. The van der Waals surface area contributed by atoms with Crippen LogP contribution in [0.5, 0.6) is 0 Å². The summed E-state index contributed by atoms with van der Waals surface area (Å²) in [6, 6.07) is -2.34. The van der Waals surface area contributed by atoms with E-state index in [1.54, 1.807) is 0 Å². The van der Waals surface area contributed by atoms with Gasteiger partial charge in [-0.3, -0.25) is 19.6 Å². The number of ether oxygens (including phenoxy) is 2. The van der Waals surface area contributed by atoms with Crippen LogP contribution in [0.15, 0.2) is 5.11 Å². The second kappa shape index (κ2) is 3.35. The van der Waals surface area contributed by atoms with E-state index in [1.165, 1.54) is 0 Å². The van der Waals surface area contributed by atoms with Crippen LogP contribution in [-0.4, -0.2) is 24.2 Å². The van der Waals surface area contributed by atoms with Gasteiger partial charge in [-0.2, -0.15) is 0 Å². The van der Waals surface area contributed by atoms with Crippen molar-refractivity contribution in [2.24, 2.45) is 5.11 Å². The lowest BCUT2D eigenvalue weighted by Crippen LogP contribution is -2.45. The molecule has 66 valence electrons. The van der Waals surface area contributed by atoms with Gasteiger partial charge in [-0.05, 0) is 12.0 Å². The first-order valence-electron chi connectivity index (χ1n) is 3.20. The zero-order valence-electron chi connectivity index (χ0n) is 6.04. The van der Waals surface area contributed by atoms with Gasteiger partial charge in [0.15, 0.2) is 0 Å². The Balaban J connectivity index is 2.83. The Morgan fingerprint density at radius 3 is 2.58 bits per heavy atom. The van der Waals surface area contributed by atoms with Crippen molar-refractivity contribution in [1.82, 2.24) is 0 Å². The molecule has 0 amide bonds. The van der Waals surface area contributed by atoms with Crippen molar-refractivity contribution < 1.29 is 14.4 Å². The van der Waals surface area contributed by atoms with Crippen LogP contribution >= 0.6 is 0 Å². The molecule has 0 aliphatic carbocycles. The van der Waals surface area contributed by atoms with Gasteiger partial charge < -0.3 is 0 Å². The van der Waals surface area contributed by atoms with Crippen LogP contribution in [-0.2, 0) is 9.47 Å². The smallest absolute Gasteiger partial charge is 0.285 e. The zero-order valence-corrected chi connectivity index (χ0v) is 6.04. The molecule has 1 saturated heterocycles. The highest BCUT2D eigenvalue weighted by Gasteiger charge is 2.48. The topological polar surface area (TPSA) is 110 Å². The van der Waals surface area contributed by atoms with E-state index >= 15 is 0 Å². The summed E-state index contributed by atoms with van der Waals surface area (Å²) in [6.07, 6.45) is 0.552. The molecule has 8 nitrogen and oxygen atoms in total. The maximum Gasteiger partial charge on any atom is 0.531 e. The Hall–Kier alpha value is -1.37. The number of nitro groups is 1. The summed E-state index contributed by atoms with van der Waals surface area (Å²) < 4.78 is 9.25. The second-order valence-corrected chi connectivity index (χ2v) is 2.05. The summed E-state index contributed by atoms with van der Waals surface area (Å²) in [5.41, 5.74) is 8.03. The molecule has 0 aromatic carbocycles. The molecule has 0 radical (unpaired) electrons. The highest BCUT2D eigenvalue weighted by Crippen LogP contribution is 2.20. The lowest BCUT2D eigenvalue weighted by atomic mass is 10.4. The van der Waals surface area contributed by atoms with Gasteiger partial charge in [0, 0.05) is 10.0 Å². The molecule has 0 spiro atoms. The standard InChI is InChI=1S/C4H6N4O4/c5-7-6-4(8(9)10)11-2-1-3-12-4/h1-3H2. The summed E-state index contributed by atoms with van der Waals surface area (Å²) in [4.78, 5) is 11.7. The third-order valence-electron chi connectivity index (χ3n) is 1.27. The number of hydrogen-bond acceptors (Lipinski definition) is 5. The molecule has 0 bridgehead atoms. The van der Waals surface area contributed by atoms with Crippen LogP contribution in [0.2, 0.25) is 0 Å². The third kappa shape index (κ3) is 1.45. The molecule has 0 unspecified atom stereocenters. The summed E-state index contributed by atoms with van der Waals surface area (Å²) in [5, 5.41) is 13.2. The normalized spacial score (nSPS) is 21.0. The van der Waals surface area contributed by atoms with E-state index < -0.39 is 11.0 Å². The molecule has 1 aliphatic heterocycles. The Morgan fingerprint density at radius 2 is 2.17 bits per heavy atom. The number of rotatable bonds is 2. The summed E-state index contributed by atoms with van der Waals surface area (Å²) in [5.74, 6) is 0. The number of hydrogen-bond donors (Lipinski definition) is 0. The molecular formula is C4H6N4O4. The molecular weight excluding hydrogens is 168 g/mol. The Labute approximate surface area is 66.8 Å². The first-order valence-corrected chi connectivity index (χ1v) is 3.20. The molecule has 0 saturated carbocycles. The lowest BCUT2D eigenvalue weighted by molar-refractivity contribution is -0.697. The molecule has 1 heterocycles. The van der Waals surface area contributed by atoms with Crippen LogP contribution in [0.3, 0.4) is 0 Å². The average Bonchev–Trinajstić information content (AvgIpc) is 2.06. The van der Waals surface area contributed by atoms with Crippen molar-refractivity contribution in [3.8, 4) is 0 Å². The SMILES string of the molecule is [N-]=[N+]=NC1([N+](=O)[O-])OCCCO1. The van der Waals surface area contributed by atoms with Gasteiger partial charge in [0.1, 0.15) is 0 Å². The molecule has 0 atom stereocenters. The Kier molecular flexibility index (Phi) is 2.44. The highest BCUT2D eigenvalue weighted by atomic mass is 16.8. The van der Waals surface area contributed by atoms with E-state index in [0.717, 1.165) is 0 Å². The third-order valence-corrected chi connectivity index (χ3v) is 1.27. The maximum atomic E-state index is 10.4. The molecule has 1 rings (SSSR count). The lowest BCUT2D eigenvalue weighted by Gasteiger charge is -2.23. The fraction of sp³-hybridized carbons (Fsp3) is 1.00. The van der Waals surface area contributed by atoms with Gasteiger partial charge in [0.05, 0.1) is 18.1 Å². The number of azide groups is 1. The molecule has 0 aromatic rings. The van der Waals surface area contributed by atoms with E-state index in [1.807, 2.05) is 0 Å². The highest BCUT2D eigenvalue weighted by molar-refractivity contribution is 4.58. The minimum absolute atomic E-state index is 0.153. The van der Waals surface area contributed by atoms with Gasteiger partial charge in [-0.15, -0.1) is 0 Å². The van der Waals surface area contributed by atoms with Crippen LogP contribution in [0.1, 0.15) is 6.42 Å². The molecule has 1 aliphatic rings. The summed E-state index contributed by atoms with van der Waals surface area (Å²) in [7, 11) is 0. The van der Waals surface area contributed by atoms with Gasteiger partial charge in [-0.1, -0.05) is 0 Å². The van der Waals surface area contributed by atoms with Gasteiger partial charge in [0.25, 0.3) is 0 Å². The summed E-state index contributed by atoms with van der Waals surface area (Å²) in [6.45, 7) is 0.306. The molecule has 12 heavy (non-hydrogen) atoms. The van der Waals surface area contributed by atoms with Crippen molar-refractivity contribution >= 4 is 0 Å². The van der Waals surface area contributed by atoms with E-state index in [-0.39, 0.29) is 13.2 Å². The largest absolute Gasteiger partial charge is 0.531 e. The average molecular weight is 174 g/mol. The van der Waals surface area contributed by atoms with Crippen molar-refractivity contribution in [2.75, 3.05) is 13.2 Å². The van der Waals surface area contributed by atoms with Crippen molar-refractivity contribution in [1.29, 1.82) is 0 Å². The van der Waals surface area contributed by atoms with E-state index in [4.69, 9.17) is 5.53 Å². The predicted molar refractivity (Wildman–Crippen MR) is 35.4 cm³/mol. The van der Waals surface area contributed by atoms with Crippen LogP contribution in [0.4, 0.5) is 0 Å². The molecule has 1 fully saturated rings. The first-order chi connectivity index (χ1) is 5.71. The van der Waals surface area contributed by atoms with Gasteiger partial charge >= 0.3 is 6.03 Å². The first kappa shape index (κ1) is 8.72. The van der Waals surface area contributed by atoms with Crippen molar-refractivity contribution in [3.05, 3.63) is 20.6 Å². The number of nitrogens with zero attached hydrogens (tertiary/aromatic N) is 4. The van der Waals surface area contributed by atoms with Gasteiger partial charge in [0.2, 0.25) is 0 Å². The van der Waals surface area contributed by atoms with Crippen LogP contribution < -0.4 is 0 Å². The summed E-state index contributed by atoms with van der Waals surface area (Å²) >= 11 is 0. The van der Waals surface area contributed by atoms with E-state index in [2.05, 4.69) is 19.5 Å².